The number of hydrogen-bond acceptors (Lipinski definition) is 5. The number of thiazole rings is 1. The molecule has 0 radical (unpaired) electrons. The third kappa shape index (κ3) is 4.52. The molecule has 7 heteroatoms. The summed E-state index contributed by atoms with van der Waals surface area (Å²) in [5.41, 5.74) is 2.30. The van der Waals surface area contributed by atoms with Crippen molar-refractivity contribution >= 4 is 26.5 Å². The number of aliphatic hydroxyl groups excluding tert-OH is 1. The van der Waals surface area contributed by atoms with Crippen LogP contribution in [0.2, 0.25) is 0 Å². The molecule has 0 spiro atoms. The van der Waals surface area contributed by atoms with Crippen molar-refractivity contribution in [1.82, 2.24) is 4.98 Å². The monoisotopic (exact) mass is 326 g/mol. The van der Waals surface area contributed by atoms with E-state index in [1.54, 1.807) is 24.3 Å². The predicted octanol–water partition coefficient (Wildman–Crippen LogP) is 2.70. The Morgan fingerprint density at radius 2 is 1.86 bits per heavy atom. The maximum Gasteiger partial charge on any atom is 0.238 e. The van der Waals surface area contributed by atoms with Crippen molar-refractivity contribution < 1.29 is 13.5 Å². The second-order valence-electron chi connectivity index (χ2n) is 5.07. The summed E-state index contributed by atoms with van der Waals surface area (Å²) in [6.07, 6.45) is 0. The molecule has 2 aromatic rings. The first kappa shape index (κ1) is 15.9. The van der Waals surface area contributed by atoms with E-state index in [2.05, 4.69) is 9.71 Å². The number of aliphatic hydroxyl groups is 1. The molecule has 0 unspecified atom stereocenters. The van der Waals surface area contributed by atoms with Crippen molar-refractivity contribution in [2.75, 3.05) is 4.72 Å². The second kappa shape index (κ2) is 6.55. The zero-order valence-corrected chi connectivity index (χ0v) is 13.5. The smallest absolute Gasteiger partial charge is 0.238 e. The lowest BCUT2D eigenvalue weighted by atomic mass is 10.2. The van der Waals surface area contributed by atoms with E-state index in [4.69, 9.17) is 5.11 Å². The van der Waals surface area contributed by atoms with Gasteiger partial charge in [0.15, 0.2) is 5.13 Å². The first-order chi connectivity index (χ1) is 9.89. The van der Waals surface area contributed by atoms with Crippen molar-refractivity contribution in [1.29, 1.82) is 0 Å². The van der Waals surface area contributed by atoms with Crippen molar-refractivity contribution in [3.63, 3.8) is 0 Å². The summed E-state index contributed by atoms with van der Waals surface area (Å²) >= 11 is 1.29. The highest BCUT2D eigenvalue weighted by atomic mass is 32.2. The van der Waals surface area contributed by atoms with Crippen LogP contribution < -0.4 is 4.72 Å². The van der Waals surface area contributed by atoms with Gasteiger partial charge in [-0.3, -0.25) is 4.72 Å². The van der Waals surface area contributed by atoms with Crippen molar-refractivity contribution in [2.45, 2.75) is 32.1 Å². The van der Waals surface area contributed by atoms with Gasteiger partial charge in [0.25, 0.3) is 0 Å². The van der Waals surface area contributed by atoms with Crippen molar-refractivity contribution in [3.8, 4) is 0 Å². The fourth-order valence-corrected chi connectivity index (χ4v) is 4.03. The maximum absolute atomic E-state index is 12.1. The van der Waals surface area contributed by atoms with Crippen LogP contribution >= 0.6 is 11.3 Å². The molecule has 5 nitrogen and oxygen atoms in total. The molecule has 0 amide bonds. The first-order valence-electron chi connectivity index (χ1n) is 6.54. The molecule has 0 fully saturated rings. The standard InChI is InChI=1S/C14H18N2O3S2/c1-10(2)13-8-20-14(15-13)16-21(18,19)9-12-5-3-11(7-17)4-6-12/h3-6,8,10,17H,7,9H2,1-2H3,(H,15,16). The Hall–Kier alpha value is -1.44. The molecule has 0 aliphatic heterocycles. The summed E-state index contributed by atoms with van der Waals surface area (Å²) in [5, 5.41) is 11.2. The fraction of sp³-hybridized carbons (Fsp3) is 0.357. The zero-order chi connectivity index (χ0) is 15.5. The van der Waals surface area contributed by atoms with Crippen LogP contribution in [-0.4, -0.2) is 18.5 Å². The Labute approximate surface area is 128 Å². The molecule has 1 aromatic carbocycles. The normalized spacial score (nSPS) is 11.8. The molecule has 0 saturated carbocycles. The van der Waals surface area contributed by atoms with E-state index >= 15 is 0 Å². The van der Waals surface area contributed by atoms with Gasteiger partial charge in [0.05, 0.1) is 18.1 Å². The minimum absolute atomic E-state index is 0.0532. The van der Waals surface area contributed by atoms with Gasteiger partial charge in [0, 0.05) is 5.38 Å². The number of anilines is 1. The predicted molar refractivity (Wildman–Crippen MR) is 84.8 cm³/mol. The van der Waals surface area contributed by atoms with Gasteiger partial charge >= 0.3 is 0 Å². The summed E-state index contributed by atoms with van der Waals surface area (Å²) in [6, 6.07) is 6.83. The number of sulfonamides is 1. The summed E-state index contributed by atoms with van der Waals surface area (Å²) in [4.78, 5) is 4.26. The lowest BCUT2D eigenvalue weighted by molar-refractivity contribution is 0.282. The molecule has 2 N–H and O–H groups in total. The molecule has 0 aliphatic carbocycles. The fourth-order valence-electron chi connectivity index (χ4n) is 1.73. The van der Waals surface area contributed by atoms with Crippen LogP contribution in [-0.2, 0) is 22.4 Å². The highest BCUT2D eigenvalue weighted by Crippen LogP contribution is 2.23. The Morgan fingerprint density at radius 1 is 1.24 bits per heavy atom. The van der Waals surface area contributed by atoms with Crippen LogP contribution in [0.25, 0.3) is 0 Å². The SMILES string of the molecule is CC(C)c1csc(NS(=O)(=O)Cc2ccc(CO)cc2)n1. The second-order valence-corrected chi connectivity index (χ2v) is 7.65. The highest BCUT2D eigenvalue weighted by Gasteiger charge is 2.15. The average molecular weight is 326 g/mol. The zero-order valence-electron chi connectivity index (χ0n) is 11.9. The number of nitrogens with zero attached hydrogens (tertiary/aromatic N) is 1. The van der Waals surface area contributed by atoms with Crippen LogP contribution in [0.3, 0.4) is 0 Å². The van der Waals surface area contributed by atoms with Crippen LogP contribution in [0.1, 0.15) is 36.6 Å². The molecular formula is C14H18N2O3S2. The Balaban J connectivity index is 2.06. The van der Waals surface area contributed by atoms with Gasteiger partial charge in [-0.1, -0.05) is 38.1 Å². The molecule has 1 heterocycles. The van der Waals surface area contributed by atoms with E-state index in [0.29, 0.717) is 10.7 Å². The van der Waals surface area contributed by atoms with Crippen LogP contribution in [0, 0.1) is 0 Å². The quantitative estimate of drug-likeness (QED) is 0.855. The van der Waals surface area contributed by atoms with Gasteiger partial charge in [-0.25, -0.2) is 13.4 Å². The molecule has 0 aliphatic rings. The summed E-state index contributed by atoms with van der Waals surface area (Å²) in [7, 11) is -3.48. The van der Waals surface area contributed by atoms with Gasteiger partial charge in [0.2, 0.25) is 10.0 Å². The molecule has 0 saturated heterocycles. The Kier molecular flexibility index (Phi) is 4.97. The van der Waals surface area contributed by atoms with Gasteiger partial charge in [-0.05, 0) is 17.0 Å². The van der Waals surface area contributed by atoms with Crippen LogP contribution in [0.4, 0.5) is 5.13 Å². The molecule has 1 aromatic heterocycles. The molecular weight excluding hydrogens is 308 g/mol. The number of hydrogen-bond donors (Lipinski definition) is 2. The average Bonchev–Trinajstić information content (AvgIpc) is 2.87. The summed E-state index contributed by atoms with van der Waals surface area (Å²) in [6.45, 7) is 3.97. The number of rotatable bonds is 6. The van der Waals surface area contributed by atoms with E-state index in [9.17, 15) is 8.42 Å². The summed E-state index contributed by atoms with van der Waals surface area (Å²) in [5.74, 6) is 0.153. The van der Waals surface area contributed by atoms with Gasteiger partial charge in [-0.15, -0.1) is 11.3 Å². The Morgan fingerprint density at radius 3 is 2.38 bits per heavy atom. The molecule has 21 heavy (non-hydrogen) atoms. The van der Waals surface area contributed by atoms with Gasteiger partial charge < -0.3 is 5.11 Å². The number of nitrogens with one attached hydrogen (secondary N) is 1. The van der Waals surface area contributed by atoms with E-state index < -0.39 is 10.0 Å². The first-order valence-corrected chi connectivity index (χ1v) is 9.07. The number of benzene rings is 1. The molecule has 0 bridgehead atoms. The third-order valence-corrected chi connectivity index (χ3v) is 5.04. The van der Waals surface area contributed by atoms with Crippen molar-refractivity contribution in [2.24, 2.45) is 0 Å². The van der Waals surface area contributed by atoms with E-state index in [-0.39, 0.29) is 18.3 Å². The van der Waals surface area contributed by atoms with Crippen molar-refractivity contribution in [3.05, 3.63) is 46.5 Å². The maximum atomic E-state index is 12.1. The molecule has 0 atom stereocenters. The largest absolute Gasteiger partial charge is 0.392 e. The lowest BCUT2D eigenvalue weighted by Crippen LogP contribution is -2.15. The third-order valence-electron chi connectivity index (χ3n) is 2.92. The van der Waals surface area contributed by atoms with Crippen LogP contribution in [0.5, 0.6) is 0 Å². The van der Waals surface area contributed by atoms with E-state index in [1.807, 2.05) is 19.2 Å². The van der Waals surface area contributed by atoms with Gasteiger partial charge in [0.1, 0.15) is 0 Å². The topological polar surface area (TPSA) is 79.3 Å². The highest BCUT2D eigenvalue weighted by molar-refractivity contribution is 7.92. The number of aromatic nitrogens is 1. The van der Waals surface area contributed by atoms with Crippen LogP contribution in [0.15, 0.2) is 29.6 Å². The minimum atomic E-state index is -3.48. The Bertz CT molecular complexity index is 691. The molecule has 2 rings (SSSR count). The summed E-state index contributed by atoms with van der Waals surface area (Å²) < 4.78 is 26.7. The molecule has 114 valence electrons. The van der Waals surface area contributed by atoms with E-state index in [1.165, 1.54) is 11.3 Å². The van der Waals surface area contributed by atoms with E-state index in [0.717, 1.165) is 11.3 Å². The lowest BCUT2D eigenvalue weighted by Gasteiger charge is -2.06. The minimum Gasteiger partial charge on any atom is -0.392 e. The van der Waals surface area contributed by atoms with Gasteiger partial charge in [-0.2, -0.15) is 0 Å².